The number of fused-ring (bicyclic) bond motifs is 3. The Bertz CT molecular complexity index is 1010. The molecule has 0 radical (unpaired) electrons. The molecule has 0 saturated heterocycles. The number of aromatic nitrogens is 5. The van der Waals surface area contributed by atoms with E-state index in [-0.39, 0.29) is 0 Å². The van der Waals surface area contributed by atoms with Crippen molar-refractivity contribution >= 4 is 62.9 Å². The lowest BCUT2D eigenvalue weighted by Crippen LogP contribution is -1.96. The first-order valence-electron chi connectivity index (χ1n) is 6.46. The summed E-state index contributed by atoms with van der Waals surface area (Å²) in [6.45, 7) is 1.99. The highest BCUT2D eigenvalue weighted by Crippen LogP contribution is 2.32. The van der Waals surface area contributed by atoms with Gasteiger partial charge in [0.2, 0.25) is 0 Å². The number of pyridine rings is 1. The zero-order valence-corrected chi connectivity index (χ0v) is 15.9. The second-order valence-electron chi connectivity index (χ2n) is 4.76. The molecule has 0 atom stereocenters. The third-order valence-corrected chi connectivity index (χ3v) is 5.85. The highest BCUT2D eigenvalue weighted by atomic mass is 127. The van der Waals surface area contributed by atoms with Crippen molar-refractivity contribution < 1.29 is 0 Å². The maximum atomic E-state index is 4.69. The first-order chi connectivity index (χ1) is 10.7. The molecule has 0 N–H and O–H groups in total. The lowest BCUT2D eigenvalue weighted by Gasteiger charge is -2.05. The Balaban J connectivity index is 2.15. The van der Waals surface area contributed by atoms with E-state index in [9.17, 15) is 0 Å². The van der Waals surface area contributed by atoms with Gasteiger partial charge in [0.1, 0.15) is 10.4 Å². The number of halogens is 2. The summed E-state index contributed by atoms with van der Waals surface area (Å²) in [6, 6.07) is 6.03. The van der Waals surface area contributed by atoms with Crippen LogP contribution in [-0.2, 0) is 0 Å². The molecule has 0 aliphatic carbocycles. The molecule has 0 aliphatic rings. The average molecular weight is 486 g/mol. The smallest absolute Gasteiger partial charge is 0.167 e. The predicted octanol–water partition coefficient (Wildman–Crippen LogP) is 4.66. The highest BCUT2D eigenvalue weighted by molar-refractivity contribution is 14.2. The van der Waals surface area contributed by atoms with Gasteiger partial charge in [-0.3, -0.25) is 13.4 Å². The molecule has 0 bridgehead atoms. The van der Waals surface area contributed by atoms with E-state index < -0.39 is 0 Å². The zero-order valence-electron chi connectivity index (χ0n) is 11.4. The summed E-state index contributed by atoms with van der Waals surface area (Å²) in [4.78, 5) is 13.6. The average Bonchev–Trinajstić information content (AvgIpc) is 3.09. The second-order valence-corrected chi connectivity index (χ2v) is 7.23. The van der Waals surface area contributed by atoms with Gasteiger partial charge in [-0.25, -0.2) is 9.97 Å². The molecule has 0 aromatic carbocycles. The van der Waals surface area contributed by atoms with E-state index in [2.05, 4.69) is 62.6 Å². The van der Waals surface area contributed by atoms with Gasteiger partial charge in [-0.15, -0.1) is 0 Å². The molecule has 0 unspecified atom stereocenters. The van der Waals surface area contributed by atoms with Crippen LogP contribution in [0.5, 0.6) is 0 Å². The monoisotopic (exact) mass is 485 g/mol. The summed E-state index contributed by atoms with van der Waals surface area (Å²) < 4.78 is 4.94. The number of hydrogen-bond donors (Lipinski definition) is 0. The highest BCUT2D eigenvalue weighted by Gasteiger charge is 2.17. The molecular formula is C14H9BrIN5S. The van der Waals surface area contributed by atoms with Gasteiger partial charge in [0, 0.05) is 54.0 Å². The molecule has 4 rings (SSSR count). The molecular weight excluding hydrogens is 477 g/mol. The van der Waals surface area contributed by atoms with Gasteiger partial charge in [0.15, 0.2) is 5.65 Å². The maximum Gasteiger partial charge on any atom is 0.167 e. The van der Waals surface area contributed by atoms with Crippen molar-refractivity contribution in [3.63, 3.8) is 0 Å². The first-order valence-corrected chi connectivity index (χ1v) is 10.6. The fourth-order valence-electron chi connectivity index (χ4n) is 2.53. The van der Waals surface area contributed by atoms with Crippen molar-refractivity contribution in [1.29, 1.82) is 0 Å². The van der Waals surface area contributed by atoms with E-state index >= 15 is 0 Å². The number of rotatable bonds is 2. The molecule has 0 aliphatic heterocycles. The molecule has 4 aromatic rings. The topological polar surface area (TPSA) is 48.0 Å². The van der Waals surface area contributed by atoms with Crippen LogP contribution in [0, 0.1) is 6.92 Å². The lowest BCUT2D eigenvalue weighted by molar-refractivity contribution is 1.14. The van der Waals surface area contributed by atoms with Crippen molar-refractivity contribution in [2.45, 2.75) is 6.92 Å². The molecule has 0 fully saturated rings. The van der Waals surface area contributed by atoms with Gasteiger partial charge >= 0.3 is 0 Å². The van der Waals surface area contributed by atoms with Gasteiger partial charge < -0.3 is 0 Å². The first kappa shape index (κ1) is 14.5. The number of imidazole rings is 1. The van der Waals surface area contributed by atoms with Crippen LogP contribution in [0.1, 0.15) is 5.69 Å². The lowest BCUT2D eigenvalue weighted by atomic mass is 10.2. The summed E-state index contributed by atoms with van der Waals surface area (Å²) in [7, 11) is 1.59. The van der Waals surface area contributed by atoms with Crippen LogP contribution in [-0.4, -0.2) is 23.3 Å². The van der Waals surface area contributed by atoms with Crippen LogP contribution in [0.2, 0.25) is 0 Å². The summed E-state index contributed by atoms with van der Waals surface area (Å²) in [5.41, 5.74) is 4.86. The van der Waals surface area contributed by atoms with E-state index in [0.29, 0.717) is 0 Å². The van der Waals surface area contributed by atoms with Crippen LogP contribution < -0.4 is 0 Å². The number of nitrogens with zero attached hydrogens (tertiary/aromatic N) is 5. The second kappa shape index (κ2) is 5.50. The molecule has 0 spiro atoms. The minimum Gasteiger partial charge on any atom is -0.286 e. The van der Waals surface area contributed by atoms with Crippen molar-refractivity contribution in [3.8, 4) is 11.4 Å². The van der Waals surface area contributed by atoms with E-state index in [0.717, 1.165) is 38.4 Å². The van der Waals surface area contributed by atoms with Crippen molar-refractivity contribution in [1.82, 2.24) is 23.3 Å². The maximum absolute atomic E-state index is 4.69. The quantitative estimate of drug-likeness (QED) is 0.387. The Kier molecular flexibility index (Phi) is 3.61. The van der Waals surface area contributed by atoms with Crippen LogP contribution >= 0.6 is 46.3 Å². The number of aryl methyl sites for hydroxylation is 1. The van der Waals surface area contributed by atoms with Crippen molar-refractivity contribution in [2.75, 3.05) is 0 Å². The van der Waals surface area contributed by atoms with Crippen LogP contribution in [0.4, 0.5) is 0 Å². The SMILES string of the molecule is Cc1ncccc1-c1nc(Br)c2cnc3c(ccn3SI)n12. The largest absolute Gasteiger partial charge is 0.286 e. The molecule has 0 saturated carbocycles. The summed E-state index contributed by atoms with van der Waals surface area (Å²) >= 11 is 5.79. The number of hydrogen-bond acceptors (Lipinski definition) is 4. The Labute approximate surface area is 151 Å². The minimum absolute atomic E-state index is 0.787. The Morgan fingerprint density at radius 2 is 2.09 bits per heavy atom. The van der Waals surface area contributed by atoms with E-state index in [1.54, 1.807) is 15.3 Å². The summed E-state index contributed by atoms with van der Waals surface area (Å²) in [6.07, 6.45) is 5.66. The third kappa shape index (κ3) is 2.08. The fourth-order valence-corrected chi connectivity index (χ4v) is 4.25. The Morgan fingerprint density at radius 3 is 2.86 bits per heavy atom. The zero-order chi connectivity index (χ0) is 15.3. The molecule has 110 valence electrons. The van der Waals surface area contributed by atoms with Gasteiger partial charge in [0.05, 0.1) is 17.2 Å². The van der Waals surface area contributed by atoms with Gasteiger partial charge in [-0.1, -0.05) is 0 Å². The summed E-state index contributed by atoms with van der Waals surface area (Å²) in [5.74, 6) is 0.871. The van der Waals surface area contributed by atoms with E-state index in [4.69, 9.17) is 0 Å². The predicted molar refractivity (Wildman–Crippen MR) is 101 cm³/mol. The minimum atomic E-state index is 0.787. The Hall–Kier alpha value is -1.13. The molecule has 4 heterocycles. The van der Waals surface area contributed by atoms with Crippen LogP contribution in [0.3, 0.4) is 0 Å². The van der Waals surface area contributed by atoms with Crippen LogP contribution in [0.25, 0.3) is 28.1 Å². The summed E-state index contributed by atoms with van der Waals surface area (Å²) in [5, 5.41) is 0. The van der Waals surface area contributed by atoms with Gasteiger partial charge in [-0.2, -0.15) is 0 Å². The molecule has 0 amide bonds. The van der Waals surface area contributed by atoms with Crippen molar-refractivity contribution in [3.05, 3.63) is 47.1 Å². The standard InChI is InChI=1S/C14H9BrIN5S/c1-8-9(3-2-5-17-8)13-19-12(15)11-7-18-14-10(21(11)13)4-6-20(14)22-16/h2-7H,1H3. The normalized spacial score (nSPS) is 11.6. The Morgan fingerprint density at radius 1 is 1.23 bits per heavy atom. The fraction of sp³-hybridized carbons (Fsp3) is 0.0714. The third-order valence-electron chi connectivity index (χ3n) is 3.55. The van der Waals surface area contributed by atoms with Crippen molar-refractivity contribution in [2.24, 2.45) is 0 Å². The van der Waals surface area contributed by atoms with Gasteiger partial charge in [-0.05, 0) is 41.1 Å². The van der Waals surface area contributed by atoms with Crippen LogP contribution in [0.15, 0.2) is 41.4 Å². The van der Waals surface area contributed by atoms with E-state index in [1.165, 1.54) is 0 Å². The van der Waals surface area contributed by atoms with Gasteiger partial charge in [0.25, 0.3) is 0 Å². The molecule has 8 heteroatoms. The molecule has 4 aromatic heterocycles. The molecule has 22 heavy (non-hydrogen) atoms. The van der Waals surface area contributed by atoms with E-state index in [1.807, 2.05) is 35.4 Å². The molecule has 5 nitrogen and oxygen atoms in total.